The number of hydrogen-bond acceptors (Lipinski definition) is 8. The average Bonchev–Trinajstić information content (AvgIpc) is 3.93. The number of rotatable bonds is 14. The quantitative estimate of drug-likeness (QED) is 0.0719. The van der Waals surface area contributed by atoms with Gasteiger partial charge in [0.25, 0.3) is 0 Å². The van der Waals surface area contributed by atoms with Crippen LogP contribution in [0.1, 0.15) is 46.5 Å². The number of nitrogens with zero attached hydrogens (tertiary/aromatic N) is 6. The highest BCUT2D eigenvalue weighted by Crippen LogP contribution is 2.30. The van der Waals surface area contributed by atoms with Gasteiger partial charge in [-0.1, -0.05) is 25.7 Å². The minimum atomic E-state index is -0.216. The Bertz CT molecular complexity index is 1670. The predicted molar refractivity (Wildman–Crippen MR) is 197 cm³/mol. The fourth-order valence-corrected chi connectivity index (χ4v) is 4.51. The van der Waals surface area contributed by atoms with E-state index in [1.807, 2.05) is 66.2 Å². The molecule has 262 valence electrons. The Morgan fingerprint density at radius 1 is 1.12 bits per heavy atom. The summed E-state index contributed by atoms with van der Waals surface area (Å²) in [5.74, 6) is 0.274. The Kier molecular flexibility index (Phi) is 21.4. The largest absolute Gasteiger partial charge is 0.423 e. The lowest BCUT2D eigenvalue weighted by Gasteiger charge is -2.20. The zero-order chi connectivity index (χ0) is 36.4. The highest BCUT2D eigenvalue weighted by Gasteiger charge is 2.12. The molecule has 0 amide bonds. The van der Waals surface area contributed by atoms with Gasteiger partial charge in [-0.2, -0.15) is 5.10 Å². The van der Waals surface area contributed by atoms with Crippen LogP contribution in [0.15, 0.2) is 84.3 Å². The number of H-pyrrole nitrogens is 1. The number of aromatic nitrogens is 6. The van der Waals surface area contributed by atoms with Crippen molar-refractivity contribution in [3.8, 4) is 48.4 Å². The number of aromatic amines is 1. The van der Waals surface area contributed by atoms with E-state index in [1.165, 1.54) is 12.8 Å². The molecule has 5 aromatic rings. The second-order valence-electron chi connectivity index (χ2n) is 10.5. The first-order valence-corrected chi connectivity index (χ1v) is 15.9. The molecule has 4 heterocycles. The van der Waals surface area contributed by atoms with Gasteiger partial charge in [0.1, 0.15) is 11.3 Å². The zero-order valence-corrected chi connectivity index (χ0v) is 29.4. The first kappa shape index (κ1) is 42.0. The maximum Gasteiger partial charge on any atom is 0.247 e. The van der Waals surface area contributed by atoms with Crippen LogP contribution in [-0.2, 0) is 9.47 Å². The molecular formula is C38H50FN7O3. The summed E-state index contributed by atoms with van der Waals surface area (Å²) in [6.07, 6.45) is 31.2. The monoisotopic (exact) mass is 671 g/mol. The minimum absolute atomic E-state index is 0.216. The van der Waals surface area contributed by atoms with Crippen molar-refractivity contribution in [2.45, 2.75) is 52.6 Å². The highest BCUT2D eigenvalue weighted by atomic mass is 19.1. The summed E-state index contributed by atoms with van der Waals surface area (Å²) in [6, 6.07) is 9.87. The van der Waals surface area contributed by atoms with E-state index in [0.717, 1.165) is 72.5 Å². The molecule has 0 saturated heterocycles. The molecule has 0 bridgehead atoms. The Labute approximate surface area is 290 Å². The molecule has 0 saturated carbocycles. The summed E-state index contributed by atoms with van der Waals surface area (Å²) < 4.78 is 29.6. The SMILES string of the molecule is C#C.C#C.C/C=C\COC.C=C(F)CCN(CC)CCCCC(C)OC.c1cn2cc(-c3n[nH]c4ccc(-c5nnco5)cc34)ccc2n1. The number of pyridine rings is 1. The number of halogens is 1. The second-order valence-corrected chi connectivity index (χ2v) is 10.5. The maximum atomic E-state index is 12.5. The molecule has 0 radical (unpaired) electrons. The fourth-order valence-electron chi connectivity index (χ4n) is 4.51. The molecule has 0 aliphatic carbocycles. The van der Waals surface area contributed by atoms with Gasteiger partial charge in [0.15, 0.2) is 0 Å². The van der Waals surface area contributed by atoms with Crippen LogP contribution in [0.4, 0.5) is 4.39 Å². The normalized spacial score (nSPS) is 11.0. The Morgan fingerprint density at radius 3 is 2.49 bits per heavy atom. The number of imidazole rings is 1. The maximum absolute atomic E-state index is 12.5. The van der Waals surface area contributed by atoms with Gasteiger partial charge in [-0.25, -0.2) is 9.37 Å². The predicted octanol–water partition coefficient (Wildman–Crippen LogP) is 8.02. The molecule has 1 N–H and O–H groups in total. The van der Waals surface area contributed by atoms with Gasteiger partial charge in [-0.15, -0.1) is 35.9 Å². The average molecular weight is 672 g/mol. The molecule has 4 aromatic heterocycles. The third kappa shape index (κ3) is 14.7. The van der Waals surface area contributed by atoms with Crippen LogP contribution in [0, 0.1) is 25.7 Å². The van der Waals surface area contributed by atoms with Crippen LogP contribution in [0.3, 0.4) is 0 Å². The standard InChI is InChI=1S/C16H10N6O.C13H26FNO.C5H10O.2C2H2/c1-3-13-12(7-10(1)16-21-18-9-23-16)15(20-19-13)11-2-4-14-17-5-6-22(14)8-11;1-5-15(11-9-12(2)14)10-7-6-8-13(3)16-4;1-3-4-5-6-2;2*1-2/h1-9H,(H,19,20);13H,2,5-11H2,1,3-4H3;3-4H,5H2,1-2H3;2*1-2H/b;;4-3-;;. The Balaban J connectivity index is 0.000000405. The van der Waals surface area contributed by atoms with Gasteiger partial charge in [0, 0.05) is 62.3 Å². The Hall–Kier alpha value is -5.07. The van der Waals surface area contributed by atoms with E-state index in [1.54, 1.807) is 20.4 Å². The summed E-state index contributed by atoms with van der Waals surface area (Å²) in [5, 5.41) is 16.2. The molecule has 0 spiro atoms. The number of unbranched alkanes of at least 4 members (excludes halogenated alkanes) is 1. The number of fused-ring (bicyclic) bond motifs is 2. The third-order valence-electron chi connectivity index (χ3n) is 7.21. The topological polar surface area (TPSA) is 107 Å². The summed E-state index contributed by atoms with van der Waals surface area (Å²) in [7, 11) is 3.43. The van der Waals surface area contributed by atoms with Crippen molar-refractivity contribution in [1.29, 1.82) is 0 Å². The molecule has 11 heteroatoms. The van der Waals surface area contributed by atoms with Gasteiger partial charge < -0.3 is 23.2 Å². The molecule has 0 aliphatic rings. The van der Waals surface area contributed by atoms with Crippen LogP contribution < -0.4 is 0 Å². The van der Waals surface area contributed by atoms with Crippen LogP contribution >= 0.6 is 0 Å². The first-order chi connectivity index (χ1) is 23.9. The molecule has 1 aromatic carbocycles. The van der Waals surface area contributed by atoms with E-state index in [9.17, 15) is 4.39 Å². The van der Waals surface area contributed by atoms with Gasteiger partial charge in [0.2, 0.25) is 12.3 Å². The van der Waals surface area contributed by atoms with Crippen LogP contribution in [0.5, 0.6) is 0 Å². The third-order valence-corrected chi connectivity index (χ3v) is 7.21. The van der Waals surface area contributed by atoms with Crippen LogP contribution in [0.2, 0.25) is 0 Å². The molecule has 5 rings (SSSR count). The fraction of sp³-hybridized carbons (Fsp3) is 0.368. The number of nitrogens with one attached hydrogen (secondary N) is 1. The van der Waals surface area contributed by atoms with E-state index < -0.39 is 0 Å². The zero-order valence-electron chi connectivity index (χ0n) is 29.4. The van der Waals surface area contributed by atoms with E-state index in [-0.39, 0.29) is 5.83 Å². The number of methoxy groups -OCH3 is 2. The molecule has 0 fully saturated rings. The first-order valence-electron chi connectivity index (χ1n) is 15.9. The number of benzene rings is 1. The van der Waals surface area contributed by atoms with Crippen LogP contribution in [0.25, 0.3) is 39.3 Å². The summed E-state index contributed by atoms with van der Waals surface area (Å²) in [5.41, 5.74) is 4.59. The van der Waals surface area contributed by atoms with E-state index in [4.69, 9.17) is 13.9 Å². The van der Waals surface area contributed by atoms with E-state index in [2.05, 4.69) is 76.4 Å². The lowest BCUT2D eigenvalue weighted by Crippen LogP contribution is -2.26. The molecule has 1 atom stereocenters. The summed E-state index contributed by atoms with van der Waals surface area (Å²) in [4.78, 5) is 6.52. The van der Waals surface area contributed by atoms with Crippen LogP contribution in [-0.4, -0.2) is 81.2 Å². The smallest absolute Gasteiger partial charge is 0.247 e. The number of allylic oxidation sites excluding steroid dienone is 1. The van der Waals surface area contributed by atoms with Gasteiger partial charge in [-0.3, -0.25) is 5.10 Å². The van der Waals surface area contributed by atoms with Crippen molar-refractivity contribution in [2.24, 2.45) is 0 Å². The van der Waals surface area contributed by atoms with Crippen molar-refractivity contribution >= 4 is 16.6 Å². The number of terminal acetylenes is 2. The lowest BCUT2D eigenvalue weighted by atomic mass is 10.1. The van der Waals surface area contributed by atoms with E-state index in [0.29, 0.717) is 18.4 Å². The van der Waals surface area contributed by atoms with Crippen molar-refractivity contribution in [3.05, 3.63) is 79.9 Å². The van der Waals surface area contributed by atoms with Crippen molar-refractivity contribution < 1.29 is 18.3 Å². The number of hydrogen-bond donors (Lipinski definition) is 1. The van der Waals surface area contributed by atoms with Gasteiger partial charge in [-0.05, 0) is 76.5 Å². The lowest BCUT2D eigenvalue weighted by molar-refractivity contribution is 0.107. The van der Waals surface area contributed by atoms with Crippen molar-refractivity contribution in [1.82, 2.24) is 34.7 Å². The summed E-state index contributed by atoms with van der Waals surface area (Å²) >= 11 is 0. The van der Waals surface area contributed by atoms with Gasteiger partial charge >= 0.3 is 0 Å². The van der Waals surface area contributed by atoms with Gasteiger partial charge in [0.05, 0.1) is 24.1 Å². The molecule has 0 aliphatic heterocycles. The minimum Gasteiger partial charge on any atom is -0.423 e. The Morgan fingerprint density at radius 2 is 1.88 bits per heavy atom. The highest BCUT2D eigenvalue weighted by molar-refractivity contribution is 5.95. The van der Waals surface area contributed by atoms with Crippen molar-refractivity contribution in [2.75, 3.05) is 40.5 Å². The molecule has 1 unspecified atom stereocenters. The molecular weight excluding hydrogens is 621 g/mol. The van der Waals surface area contributed by atoms with E-state index >= 15 is 0 Å². The number of ether oxygens (including phenoxy) is 2. The second kappa shape index (κ2) is 25.0. The molecule has 49 heavy (non-hydrogen) atoms. The summed E-state index contributed by atoms with van der Waals surface area (Å²) in [6.45, 7) is 13.0. The van der Waals surface area contributed by atoms with Crippen molar-refractivity contribution in [3.63, 3.8) is 0 Å². The molecule has 10 nitrogen and oxygen atoms in total.